The Kier molecular flexibility index (Phi) is 4.18. The van der Waals surface area contributed by atoms with Crippen molar-refractivity contribution in [1.82, 2.24) is 0 Å². The van der Waals surface area contributed by atoms with Gasteiger partial charge in [0.15, 0.2) is 11.2 Å². The minimum Gasteiger partial charge on any atom is -0.460 e. The SMILES string of the molecule is C=CCOC(=O)[C@]1(C(=O)c2ccccc2)CCCC1=C. The van der Waals surface area contributed by atoms with E-state index >= 15 is 0 Å². The maximum absolute atomic E-state index is 12.8. The topological polar surface area (TPSA) is 43.4 Å². The largest absolute Gasteiger partial charge is 0.460 e. The molecule has 0 heterocycles. The van der Waals surface area contributed by atoms with Crippen LogP contribution in [0.15, 0.2) is 55.1 Å². The van der Waals surface area contributed by atoms with Crippen LogP contribution in [0.5, 0.6) is 0 Å². The van der Waals surface area contributed by atoms with Gasteiger partial charge in [-0.15, -0.1) is 0 Å². The molecule has 3 nitrogen and oxygen atoms in total. The van der Waals surface area contributed by atoms with E-state index < -0.39 is 11.4 Å². The van der Waals surface area contributed by atoms with Crippen molar-refractivity contribution in [2.45, 2.75) is 19.3 Å². The van der Waals surface area contributed by atoms with Crippen molar-refractivity contribution < 1.29 is 14.3 Å². The van der Waals surface area contributed by atoms with Crippen LogP contribution in [0.4, 0.5) is 0 Å². The van der Waals surface area contributed by atoms with Crippen LogP contribution in [0.2, 0.25) is 0 Å². The van der Waals surface area contributed by atoms with Gasteiger partial charge in [-0.1, -0.05) is 55.1 Å². The Morgan fingerprint density at radius 3 is 2.55 bits per heavy atom. The third kappa shape index (κ3) is 2.31. The fraction of sp³-hybridized carbons (Fsp3) is 0.294. The lowest BCUT2D eigenvalue weighted by molar-refractivity contribution is -0.149. The van der Waals surface area contributed by atoms with E-state index in [1.807, 2.05) is 6.07 Å². The van der Waals surface area contributed by atoms with Crippen molar-refractivity contribution in [2.75, 3.05) is 6.61 Å². The molecule has 0 unspecified atom stereocenters. The van der Waals surface area contributed by atoms with Gasteiger partial charge < -0.3 is 4.74 Å². The fourth-order valence-corrected chi connectivity index (χ4v) is 2.66. The molecule has 1 atom stereocenters. The lowest BCUT2D eigenvalue weighted by Crippen LogP contribution is -2.39. The number of Topliss-reactive ketones (excluding diaryl/α,β-unsaturated/α-hetero) is 1. The molecule has 1 aliphatic rings. The molecule has 3 heteroatoms. The molecule has 2 rings (SSSR count). The summed E-state index contributed by atoms with van der Waals surface area (Å²) in [5, 5.41) is 0. The number of esters is 1. The summed E-state index contributed by atoms with van der Waals surface area (Å²) in [4.78, 5) is 25.2. The second-order valence-corrected chi connectivity index (χ2v) is 4.94. The van der Waals surface area contributed by atoms with E-state index in [4.69, 9.17) is 4.74 Å². The average molecular weight is 270 g/mol. The summed E-state index contributed by atoms with van der Waals surface area (Å²) in [5.74, 6) is -0.719. The second kappa shape index (κ2) is 5.87. The van der Waals surface area contributed by atoms with Crippen molar-refractivity contribution in [3.8, 4) is 0 Å². The Bertz CT molecular complexity index is 545. The molecule has 1 aliphatic carbocycles. The summed E-state index contributed by atoms with van der Waals surface area (Å²) in [6, 6.07) is 8.84. The van der Waals surface area contributed by atoms with Gasteiger partial charge in [-0.3, -0.25) is 9.59 Å². The minimum absolute atomic E-state index is 0.107. The zero-order valence-electron chi connectivity index (χ0n) is 11.4. The third-order valence-electron chi connectivity index (χ3n) is 3.74. The molecule has 0 N–H and O–H groups in total. The van der Waals surface area contributed by atoms with Crippen LogP contribution >= 0.6 is 0 Å². The second-order valence-electron chi connectivity index (χ2n) is 4.94. The molecular weight excluding hydrogens is 252 g/mol. The van der Waals surface area contributed by atoms with Gasteiger partial charge in [0, 0.05) is 5.56 Å². The zero-order valence-corrected chi connectivity index (χ0v) is 11.4. The third-order valence-corrected chi connectivity index (χ3v) is 3.74. The number of carbonyl (C=O) groups excluding carboxylic acids is 2. The Labute approximate surface area is 118 Å². The Hall–Kier alpha value is -2.16. The number of carbonyl (C=O) groups is 2. The van der Waals surface area contributed by atoms with Crippen molar-refractivity contribution in [3.05, 3.63) is 60.7 Å². The number of ether oxygens (including phenoxy) is 1. The number of rotatable bonds is 5. The molecule has 1 saturated carbocycles. The molecule has 0 spiro atoms. The van der Waals surface area contributed by atoms with Crippen molar-refractivity contribution in [2.24, 2.45) is 5.41 Å². The van der Waals surface area contributed by atoms with E-state index in [9.17, 15) is 9.59 Å². The predicted octanol–water partition coefficient (Wildman–Crippen LogP) is 3.33. The predicted molar refractivity (Wildman–Crippen MR) is 77.4 cm³/mol. The van der Waals surface area contributed by atoms with Gasteiger partial charge in [-0.2, -0.15) is 0 Å². The molecule has 20 heavy (non-hydrogen) atoms. The van der Waals surface area contributed by atoms with Crippen LogP contribution in [0.3, 0.4) is 0 Å². The molecular formula is C17H18O3. The first-order valence-electron chi connectivity index (χ1n) is 6.69. The summed E-state index contributed by atoms with van der Waals surface area (Å²) < 4.78 is 5.15. The lowest BCUT2D eigenvalue weighted by atomic mass is 9.76. The molecule has 0 saturated heterocycles. The quantitative estimate of drug-likeness (QED) is 0.357. The lowest BCUT2D eigenvalue weighted by Gasteiger charge is -2.26. The van der Waals surface area contributed by atoms with Gasteiger partial charge in [-0.25, -0.2) is 0 Å². The first-order valence-corrected chi connectivity index (χ1v) is 6.69. The Morgan fingerprint density at radius 2 is 2.00 bits per heavy atom. The van der Waals surface area contributed by atoms with E-state index in [2.05, 4.69) is 13.2 Å². The van der Waals surface area contributed by atoms with Crippen LogP contribution in [0.1, 0.15) is 29.6 Å². The van der Waals surface area contributed by atoms with E-state index in [0.29, 0.717) is 24.0 Å². The van der Waals surface area contributed by atoms with Crippen molar-refractivity contribution >= 4 is 11.8 Å². The van der Waals surface area contributed by atoms with Gasteiger partial charge in [0.25, 0.3) is 0 Å². The highest BCUT2D eigenvalue weighted by atomic mass is 16.5. The molecule has 1 aromatic carbocycles. The first kappa shape index (κ1) is 14.3. The summed E-state index contributed by atoms with van der Waals surface area (Å²) >= 11 is 0. The molecule has 1 fully saturated rings. The van der Waals surface area contributed by atoms with Gasteiger partial charge in [0.2, 0.25) is 0 Å². The van der Waals surface area contributed by atoms with E-state index in [0.717, 1.165) is 6.42 Å². The average Bonchev–Trinajstić information content (AvgIpc) is 2.87. The van der Waals surface area contributed by atoms with E-state index in [1.165, 1.54) is 6.08 Å². The molecule has 0 amide bonds. The monoisotopic (exact) mass is 270 g/mol. The van der Waals surface area contributed by atoms with E-state index in [1.54, 1.807) is 24.3 Å². The maximum atomic E-state index is 12.8. The Morgan fingerprint density at radius 1 is 1.30 bits per heavy atom. The molecule has 104 valence electrons. The highest BCUT2D eigenvalue weighted by Gasteiger charge is 2.52. The van der Waals surface area contributed by atoms with Crippen molar-refractivity contribution in [1.29, 1.82) is 0 Å². The molecule has 0 aliphatic heterocycles. The highest BCUT2D eigenvalue weighted by molar-refractivity contribution is 6.15. The highest BCUT2D eigenvalue weighted by Crippen LogP contribution is 2.45. The van der Waals surface area contributed by atoms with Crippen LogP contribution in [0, 0.1) is 5.41 Å². The normalized spacial score (nSPS) is 21.5. The Balaban J connectivity index is 2.38. The summed E-state index contributed by atoms with van der Waals surface area (Å²) in [6.07, 6.45) is 3.42. The van der Waals surface area contributed by atoms with Crippen LogP contribution in [-0.2, 0) is 9.53 Å². The number of hydrogen-bond acceptors (Lipinski definition) is 3. The van der Waals surface area contributed by atoms with Crippen LogP contribution in [-0.4, -0.2) is 18.4 Å². The number of hydrogen-bond donors (Lipinski definition) is 0. The van der Waals surface area contributed by atoms with Gasteiger partial charge in [0.1, 0.15) is 6.61 Å². The molecule has 0 radical (unpaired) electrons. The minimum atomic E-state index is -1.22. The first-order chi connectivity index (χ1) is 9.63. The van der Waals surface area contributed by atoms with Crippen molar-refractivity contribution in [3.63, 3.8) is 0 Å². The van der Waals surface area contributed by atoms with Crippen LogP contribution in [0.25, 0.3) is 0 Å². The summed E-state index contributed by atoms with van der Waals surface area (Å²) in [6.45, 7) is 7.56. The molecule has 0 aromatic heterocycles. The standard InChI is InChI=1S/C17H18O3/c1-3-12-20-16(19)17(11-7-8-13(17)2)15(18)14-9-5-4-6-10-14/h3-6,9-10H,1-2,7-8,11-12H2/t17-/m1/s1. The van der Waals surface area contributed by atoms with Gasteiger partial charge >= 0.3 is 5.97 Å². The molecule has 1 aromatic rings. The molecule has 0 bridgehead atoms. The smallest absolute Gasteiger partial charge is 0.324 e. The van der Waals surface area contributed by atoms with Crippen LogP contribution < -0.4 is 0 Å². The number of ketones is 1. The maximum Gasteiger partial charge on any atom is 0.324 e. The van der Waals surface area contributed by atoms with Gasteiger partial charge in [-0.05, 0) is 19.3 Å². The number of benzene rings is 1. The summed E-state index contributed by atoms with van der Waals surface area (Å²) in [5.41, 5.74) is -0.0452. The summed E-state index contributed by atoms with van der Waals surface area (Å²) in [7, 11) is 0. The van der Waals surface area contributed by atoms with E-state index in [-0.39, 0.29) is 12.4 Å². The zero-order chi connectivity index (χ0) is 14.6. The van der Waals surface area contributed by atoms with Gasteiger partial charge in [0.05, 0.1) is 0 Å². The fourth-order valence-electron chi connectivity index (χ4n) is 2.66.